The molecular weight excluding hydrogens is 356 g/mol. The molecule has 0 radical (unpaired) electrons. The first kappa shape index (κ1) is 20.9. The standard InChI is InChI=1S/C27H30O2/c1-6-27(4,5)26(28)29-25-19(2)17-23(18-20(25)3)24(21-13-9-7-10-14-21)22-15-11-8-12-16-22/h7-18,24H,6H2,1-5H3. The summed E-state index contributed by atoms with van der Waals surface area (Å²) >= 11 is 0. The maximum absolute atomic E-state index is 12.6. The predicted octanol–water partition coefficient (Wildman–Crippen LogP) is 6.83. The van der Waals surface area contributed by atoms with Crippen LogP contribution < -0.4 is 4.74 Å². The summed E-state index contributed by atoms with van der Waals surface area (Å²) in [4.78, 5) is 12.6. The third-order valence-electron chi connectivity index (χ3n) is 5.71. The lowest BCUT2D eigenvalue weighted by Gasteiger charge is -2.24. The second-order valence-corrected chi connectivity index (χ2v) is 8.37. The van der Waals surface area contributed by atoms with Crippen molar-refractivity contribution in [3.8, 4) is 5.75 Å². The molecule has 0 aliphatic heterocycles. The number of esters is 1. The van der Waals surface area contributed by atoms with Gasteiger partial charge < -0.3 is 4.74 Å². The van der Waals surface area contributed by atoms with E-state index in [0.29, 0.717) is 5.75 Å². The largest absolute Gasteiger partial charge is 0.426 e. The van der Waals surface area contributed by atoms with Crippen LogP contribution in [0.25, 0.3) is 0 Å². The van der Waals surface area contributed by atoms with Crippen molar-refractivity contribution in [3.63, 3.8) is 0 Å². The van der Waals surface area contributed by atoms with Gasteiger partial charge in [-0.3, -0.25) is 4.79 Å². The molecule has 0 aromatic heterocycles. The van der Waals surface area contributed by atoms with E-state index < -0.39 is 5.41 Å². The van der Waals surface area contributed by atoms with E-state index >= 15 is 0 Å². The molecule has 0 bridgehead atoms. The van der Waals surface area contributed by atoms with Crippen LogP contribution in [0.3, 0.4) is 0 Å². The van der Waals surface area contributed by atoms with Gasteiger partial charge in [0.1, 0.15) is 5.75 Å². The van der Waals surface area contributed by atoms with E-state index in [2.05, 4.69) is 60.7 Å². The van der Waals surface area contributed by atoms with Crippen LogP contribution in [-0.4, -0.2) is 5.97 Å². The molecule has 0 amide bonds. The number of aryl methyl sites for hydroxylation is 2. The van der Waals surface area contributed by atoms with E-state index in [1.165, 1.54) is 16.7 Å². The normalized spacial score (nSPS) is 11.5. The monoisotopic (exact) mass is 386 g/mol. The van der Waals surface area contributed by atoms with Crippen molar-refractivity contribution in [3.05, 3.63) is 101 Å². The van der Waals surface area contributed by atoms with Gasteiger partial charge in [-0.15, -0.1) is 0 Å². The highest BCUT2D eigenvalue weighted by Gasteiger charge is 2.29. The highest BCUT2D eigenvalue weighted by Crippen LogP contribution is 2.36. The Kier molecular flexibility index (Phi) is 6.22. The third kappa shape index (κ3) is 4.59. The van der Waals surface area contributed by atoms with E-state index in [-0.39, 0.29) is 11.9 Å². The molecule has 0 heterocycles. The zero-order valence-corrected chi connectivity index (χ0v) is 18.0. The van der Waals surface area contributed by atoms with E-state index in [1.807, 2.05) is 46.8 Å². The first-order valence-corrected chi connectivity index (χ1v) is 10.3. The zero-order valence-electron chi connectivity index (χ0n) is 18.0. The Balaban J connectivity index is 2.04. The lowest BCUT2D eigenvalue weighted by molar-refractivity contribution is -0.144. The van der Waals surface area contributed by atoms with Gasteiger partial charge in [0, 0.05) is 5.92 Å². The minimum absolute atomic E-state index is 0.131. The number of hydrogen-bond acceptors (Lipinski definition) is 2. The Labute approximate surface area is 174 Å². The van der Waals surface area contributed by atoms with Crippen molar-refractivity contribution < 1.29 is 9.53 Å². The second kappa shape index (κ2) is 8.65. The van der Waals surface area contributed by atoms with Gasteiger partial charge in [0.15, 0.2) is 0 Å². The summed E-state index contributed by atoms with van der Waals surface area (Å²) in [7, 11) is 0. The van der Waals surface area contributed by atoms with Gasteiger partial charge in [-0.1, -0.05) is 79.7 Å². The van der Waals surface area contributed by atoms with Crippen molar-refractivity contribution in [1.29, 1.82) is 0 Å². The fraction of sp³-hybridized carbons (Fsp3) is 0.296. The maximum Gasteiger partial charge on any atom is 0.316 e. The summed E-state index contributed by atoms with van der Waals surface area (Å²) in [5, 5.41) is 0. The zero-order chi connectivity index (χ0) is 21.0. The number of hydrogen-bond donors (Lipinski definition) is 0. The fourth-order valence-electron chi connectivity index (χ4n) is 3.55. The van der Waals surface area contributed by atoms with Gasteiger partial charge in [-0.25, -0.2) is 0 Å². The second-order valence-electron chi connectivity index (χ2n) is 8.37. The van der Waals surface area contributed by atoms with Crippen molar-refractivity contribution in [2.75, 3.05) is 0 Å². The van der Waals surface area contributed by atoms with Gasteiger partial charge in [-0.05, 0) is 61.9 Å². The van der Waals surface area contributed by atoms with Crippen LogP contribution in [0, 0.1) is 19.3 Å². The molecule has 0 aliphatic carbocycles. The van der Waals surface area contributed by atoms with Gasteiger partial charge in [0.25, 0.3) is 0 Å². The molecule has 0 spiro atoms. The van der Waals surface area contributed by atoms with Crippen LogP contribution in [0.2, 0.25) is 0 Å². The van der Waals surface area contributed by atoms with Crippen molar-refractivity contribution in [2.45, 2.75) is 47.0 Å². The molecular formula is C27H30O2. The first-order valence-electron chi connectivity index (χ1n) is 10.3. The molecule has 0 saturated carbocycles. The van der Waals surface area contributed by atoms with E-state index in [1.54, 1.807) is 0 Å². The van der Waals surface area contributed by atoms with Crippen molar-refractivity contribution in [2.24, 2.45) is 5.41 Å². The van der Waals surface area contributed by atoms with Gasteiger partial charge in [0.2, 0.25) is 0 Å². The average molecular weight is 387 g/mol. The summed E-state index contributed by atoms with van der Waals surface area (Å²) in [6.45, 7) is 9.90. The fourth-order valence-corrected chi connectivity index (χ4v) is 3.55. The van der Waals surface area contributed by atoms with Crippen LogP contribution in [0.15, 0.2) is 72.8 Å². The Hall–Kier alpha value is -2.87. The quantitative estimate of drug-likeness (QED) is 0.264. The minimum atomic E-state index is -0.492. The van der Waals surface area contributed by atoms with Crippen molar-refractivity contribution >= 4 is 5.97 Å². The predicted molar refractivity (Wildman–Crippen MR) is 119 cm³/mol. The molecule has 0 atom stereocenters. The van der Waals surface area contributed by atoms with E-state index in [4.69, 9.17) is 4.74 Å². The maximum atomic E-state index is 12.6. The van der Waals surface area contributed by atoms with Crippen LogP contribution in [0.1, 0.15) is 60.9 Å². The lowest BCUT2D eigenvalue weighted by atomic mass is 9.84. The van der Waals surface area contributed by atoms with Gasteiger partial charge in [-0.2, -0.15) is 0 Å². The molecule has 0 saturated heterocycles. The third-order valence-corrected chi connectivity index (χ3v) is 5.71. The van der Waals surface area contributed by atoms with Crippen LogP contribution >= 0.6 is 0 Å². The number of benzene rings is 3. The molecule has 3 rings (SSSR count). The molecule has 2 nitrogen and oxygen atoms in total. The molecule has 0 aliphatic rings. The Morgan fingerprint density at radius 3 is 1.69 bits per heavy atom. The Bertz CT molecular complexity index is 909. The van der Waals surface area contributed by atoms with E-state index in [0.717, 1.165) is 17.5 Å². The Morgan fingerprint density at radius 2 is 1.28 bits per heavy atom. The van der Waals surface area contributed by atoms with Gasteiger partial charge in [0.05, 0.1) is 5.41 Å². The summed E-state index contributed by atoms with van der Waals surface area (Å²) in [5.41, 5.74) is 5.17. The Morgan fingerprint density at radius 1 is 0.828 bits per heavy atom. The molecule has 0 N–H and O–H groups in total. The van der Waals surface area contributed by atoms with Crippen LogP contribution in [0.5, 0.6) is 5.75 Å². The SMILES string of the molecule is CCC(C)(C)C(=O)Oc1c(C)cc(C(c2ccccc2)c2ccccc2)cc1C. The van der Waals surface area contributed by atoms with Crippen LogP contribution in [0.4, 0.5) is 0 Å². The van der Waals surface area contributed by atoms with Gasteiger partial charge >= 0.3 is 5.97 Å². The molecule has 3 aromatic rings. The van der Waals surface area contributed by atoms with E-state index in [9.17, 15) is 4.79 Å². The molecule has 150 valence electrons. The molecule has 29 heavy (non-hydrogen) atoms. The molecule has 0 fully saturated rings. The minimum Gasteiger partial charge on any atom is -0.426 e. The highest BCUT2D eigenvalue weighted by molar-refractivity contribution is 5.79. The summed E-state index contributed by atoms with van der Waals surface area (Å²) in [6, 6.07) is 25.4. The molecule has 0 unspecified atom stereocenters. The smallest absolute Gasteiger partial charge is 0.316 e. The number of carbonyl (C=O) groups is 1. The average Bonchev–Trinajstić information content (AvgIpc) is 2.72. The summed E-state index contributed by atoms with van der Waals surface area (Å²) in [5.74, 6) is 0.633. The first-order chi connectivity index (χ1) is 13.8. The number of carbonyl (C=O) groups excluding carboxylic acids is 1. The topological polar surface area (TPSA) is 26.3 Å². The summed E-state index contributed by atoms with van der Waals surface area (Å²) < 4.78 is 5.84. The van der Waals surface area contributed by atoms with Crippen molar-refractivity contribution in [1.82, 2.24) is 0 Å². The van der Waals surface area contributed by atoms with Crippen LogP contribution in [-0.2, 0) is 4.79 Å². The highest BCUT2D eigenvalue weighted by atomic mass is 16.5. The molecule has 2 heteroatoms. The molecule has 3 aromatic carbocycles. The lowest BCUT2D eigenvalue weighted by Crippen LogP contribution is -2.28. The number of rotatable bonds is 6. The summed E-state index contributed by atoms with van der Waals surface area (Å²) in [6.07, 6.45) is 0.742. The number of ether oxygens (including phenoxy) is 1.